The van der Waals surface area contributed by atoms with Crippen LogP contribution in [0.25, 0.3) is 6.08 Å². The van der Waals surface area contributed by atoms with E-state index in [1.54, 1.807) is 0 Å². The number of phenols is 3. The van der Waals surface area contributed by atoms with Crippen LogP contribution < -0.4 is 4.74 Å². The molecule has 3 rings (SSSR count). The SMILES string of the molecule is O=C(/C=C/c1ccc(O)c(O)c1)O[C@H](Cc1ccc(O)c(O[C@@H]2O[C@H](CO)[C@@H](O)[C@H](O)[C@H]2O)c1)C(=O)O. The number of aromatic hydroxyl groups is 3. The second kappa shape index (κ2) is 11.9. The summed E-state index contributed by atoms with van der Waals surface area (Å²) in [6, 6.07) is 7.49. The van der Waals surface area contributed by atoms with Crippen molar-refractivity contribution in [2.45, 2.75) is 43.2 Å². The van der Waals surface area contributed by atoms with Crippen LogP contribution in [0, 0.1) is 0 Å². The average Bonchev–Trinajstić information content (AvgIpc) is 2.86. The second-order valence-corrected chi connectivity index (χ2v) is 8.17. The Hall–Kier alpha value is -3.88. The summed E-state index contributed by atoms with van der Waals surface area (Å²) in [6.45, 7) is -0.690. The molecule has 1 aliphatic rings. The molecule has 13 nitrogen and oxygen atoms in total. The van der Waals surface area contributed by atoms with Crippen molar-refractivity contribution in [1.29, 1.82) is 0 Å². The van der Waals surface area contributed by atoms with Crippen molar-refractivity contribution in [2.75, 3.05) is 6.61 Å². The Labute approximate surface area is 209 Å². The van der Waals surface area contributed by atoms with Crippen molar-refractivity contribution in [3.63, 3.8) is 0 Å². The Balaban J connectivity index is 1.70. The minimum absolute atomic E-state index is 0.241. The molecule has 6 atom stereocenters. The predicted octanol–water partition coefficient (Wildman–Crippen LogP) is -0.766. The fourth-order valence-electron chi connectivity index (χ4n) is 3.45. The zero-order chi connectivity index (χ0) is 27.3. The highest BCUT2D eigenvalue weighted by Gasteiger charge is 2.45. The lowest BCUT2D eigenvalue weighted by Gasteiger charge is -2.39. The van der Waals surface area contributed by atoms with E-state index < -0.39 is 66.9 Å². The van der Waals surface area contributed by atoms with Crippen LogP contribution in [0.5, 0.6) is 23.0 Å². The van der Waals surface area contributed by atoms with E-state index in [9.17, 15) is 50.4 Å². The average molecular weight is 522 g/mol. The number of aliphatic carboxylic acids is 1. The third-order valence-corrected chi connectivity index (χ3v) is 5.48. The first-order valence-corrected chi connectivity index (χ1v) is 10.9. The Morgan fingerprint density at radius 3 is 2.30 bits per heavy atom. The predicted molar refractivity (Wildman–Crippen MR) is 123 cm³/mol. The van der Waals surface area contributed by atoms with Crippen molar-refractivity contribution in [1.82, 2.24) is 0 Å². The Morgan fingerprint density at radius 2 is 1.65 bits per heavy atom. The lowest BCUT2D eigenvalue weighted by atomic mass is 9.99. The van der Waals surface area contributed by atoms with Gasteiger partial charge in [-0.25, -0.2) is 9.59 Å². The Kier molecular flexibility index (Phi) is 8.91. The van der Waals surface area contributed by atoms with Gasteiger partial charge in [0.25, 0.3) is 0 Å². The number of carboxylic acids is 1. The molecule has 0 spiro atoms. The third-order valence-electron chi connectivity index (χ3n) is 5.48. The molecule has 1 fully saturated rings. The van der Waals surface area contributed by atoms with E-state index >= 15 is 0 Å². The van der Waals surface area contributed by atoms with Crippen molar-refractivity contribution < 1.29 is 64.7 Å². The van der Waals surface area contributed by atoms with Crippen LogP contribution in [0.1, 0.15) is 11.1 Å². The summed E-state index contributed by atoms with van der Waals surface area (Å²) in [4.78, 5) is 23.8. The number of aliphatic hydroxyl groups is 4. The van der Waals surface area contributed by atoms with E-state index in [-0.39, 0.29) is 23.5 Å². The van der Waals surface area contributed by atoms with Gasteiger partial charge in [-0.1, -0.05) is 12.1 Å². The molecular weight excluding hydrogens is 496 g/mol. The zero-order valence-electron chi connectivity index (χ0n) is 19.1. The fourth-order valence-corrected chi connectivity index (χ4v) is 3.45. The number of phenolic OH excluding ortho intramolecular Hbond substituents is 3. The second-order valence-electron chi connectivity index (χ2n) is 8.17. The molecule has 0 aromatic heterocycles. The van der Waals surface area contributed by atoms with E-state index in [1.165, 1.54) is 36.4 Å². The van der Waals surface area contributed by atoms with Gasteiger partial charge in [-0.2, -0.15) is 0 Å². The van der Waals surface area contributed by atoms with Gasteiger partial charge < -0.3 is 55.1 Å². The summed E-state index contributed by atoms with van der Waals surface area (Å²) in [5.41, 5.74) is 0.581. The summed E-state index contributed by atoms with van der Waals surface area (Å²) in [5.74, 6) is -3.93. The number of hydrogen-bond acceptors (Lipinski definition) is 12. The monoisotopic (exact) mass is 522 g/mol. The van der Waals surface area contributed by atoms with Gasteiger partial charge in [0, 0.05) is 12.5 Å². The molecule has 0 amide bonds. The highest BCUT2D eigenvalue weighted by molar-refractivity contribution is 5.89. The summed E-state index contributed by atoms with van der Waals surface area (Å²) < 4.78 is 15.6. The Bertz CT molecular complexity index is 1150. The van der Waals surface area contributed by atoms with Crippen molar-refractivity contribution in [3.8, 4) is 23.0 Å². The van der Waals surface area contributed by atoms with Gasteiger partial charge in [0.05, 0.1) is 6.61 Å². The van der Waals surface area contributed by atoms with Crippen LogP contribution in [0.15, 0.2) is 42.5 Å². The molecule has 0 unspecified atom stereocenters. The third kappa shape index (κ3) is 6.87. The quantitative estimate of drug-likeness (QED) is 0.115. The van der Waals surface area contributed by atoms with E-state index in [2.05, 4.69) is 0 Å². The van der Waals surface area contributed by atoms with E-state index in [4.69, 9.17) is 14.2 Å². The molecular formula is C24H26O13. The molecule has 1 saturated heterocycles. The van der Waals surface area contributed by atoms with Crippen LogP contribution in [0.2, 0.25) is 0 Å². The molecule has 0 radical (unpaired) electrons. The highest BCUT2D eigenvalue weighted by atomic mass is 16.7. The van der Waals surface area contributed by atoms with Crippen molar-refractivity contribution in [2.24, 2.45) is 0 Å². The molecule has 2 aromatic carbocycles. The molecule has 0 aliphatic carbocycles. The number of benzene rings is 2. The molecule has 2 aromatic rings. The molecule has 0 bridgehead atoms. The normalized spacial score (nSPS) is 24.5. The molecule has 200 valence electrons. The molecule has 1 aliphatic heterocycles. The number of ether oxygens (including phenoxy) is 3. The van der Waals surface area contributed by atoms with Gasteiger partial charge in [0.2, 0.25) is 12.4 Å². The maximum absolute atomic E-state index is 12.2. The maximum atomic E-state index is 12.2. The van der Waals surface area contributed by atoms with Crippen LogP contribution in [-0.4, -0.2) is 96.2 Å². The Morgan fingerprint density at radius 1 is 0.946 bits per heavy atom. The minimum atomic E-state index is -1.74. The number of aliphatic hydroxyl groups excluding tert-OH is 4. The van der Waals surface area contributed by atoms with Crippen LogP contribution in [-0.2, 0) is 25.5 Å². The maximum Gasteiger partial charge on any atom is 0.345 e. The van der Waals surface area contributed by atoms with Crippen LogP contribution >= 0.6 is 0 Å². The summed E-state index contributed by atoms with van der Waals surface area (Å²) in [6.07, 6.45) is -7.71. The molecule has 37 heavy (non-hydrogen) atoms. The number of esters is 1. The van der Waals surface area contributed by atoms with Gasteiger partial charge in [-0.15, -0.1) is 0 Å². The smallest absolute Gasteiger partial charge is 0.345 e. The lowest BCUT2D eigenvalue weighted by molar-refractivity contribution is -0.277. The van der Waals surface area contributed by atoms with E-state index in [0.717, 1.165) is 12.1 Å². The number of hydrogen-bond donors (Lipinski definition) is 8. The summed E-state index contributed by atoms with van der Waals surface area (Å²) in [5, 5.41) is 77.6. The largest absolute Gasteiger partial charge is 0.504 e. The van der Waals surface area contributed by atoms with Gasteiger partial charge in [0.1, 0.15) is 24.4 Å². The summed E-state index contributed by atoms with van der Waals surface area (Å²) in [7, 11) is 0. The lowest BCUT2D eigenvalue weighted by Crippen LogP contribution is -2.60. The van der Waals surface area contributed by atoms with Crippen LogP contribution in [0.3, 0.4) is 0 Å². The number of carbonyl (C=O) groups excluding carboxylic acids is 1. The van der Waals surface area contributed by atoms with Crippen molar-refractivity contribution in [3.05, 3.63) is 53.6 Å². The van der Waals surface area contributed by atoms with Crippen LogP contribution in [0.4, 0.5) is 0 Å². The summed E-state index contributed by atoms with van der Waals surface area (Å²) >= 11 is 0. The highest BCUT2D eigenvalue weighted by Crippen LogP contribution is 2.32. The minimum Gasteiger partial charge on any atom is -0.504 e. The first kappa shape index (κ1) is 27.7. The van der Waals surface area contributed by atoms with E-state index in [0.29, 0.717) is 5.56 Å². The first-order chi connectivity index (χ1) is 17.5. The van der Waals surface area contributed by atoms with Crippen molar-refractivity contribution >= 4 is 18.0 Å². The molecule has 0 saturated carbocycles. The standard InChI is InChI=1S/C24H26O13/c25-10-18-20(30)21(31)22(32)24(37-18)36-16-8-12(2-5-14(16)27)9-17(23(33)34)35-19(29)6-3-11-1-4-13(26)15(28)7-11/h1-8,17-18,20-22,24-28,30-32H,9-10H2,(H,33,34)/b6-3+/t17-,18-,20-,21+,22-,24-/m1/s1. The fraction of sp³-hybridized carbons (Fsp3) is 0.333. The van der Waals surface area contributed by atoms with Gasteiger partial charge in [-0.3, -0.25) is 0 Å². The number of carbonyl (C=O) groups is 2. The number of carboxylic acid groups (broad SMARTS) is 1. The molecule has 1 heterocycles. The number of rotatable bonds is 9. The zero-order valence-corrected chi connectivity index (χ0v) is 19.1. The van der Waals surface area contributed by atoms with Gasteiger partial charge >= 0.3 is 11.9 Å². The van der Waals surface area contributed by atoms with Gasteiger partial charge in [0.15, 0.2) is 23.0 Å². The first-order valence-electron chi connectivity index (χ1n) is 10.9. The van der Waals surface area contributed by atoms with Gasteiger partial charge in [-0.05, 0) is 41.5 Å². The molecule has 8 N–H and O–H groups in total. The topological polar surface area (TPSA) is 224 Å². The molecule has 13 heteroatoms. The van der Waals surface area contributed by atoms with E-state index in [1.807, 2.05) is 0 Å².